The fourth-order valence-electron chi connectivity index (χ4n) is 0.865. The van der Waals surface area contributed by atoms with E-state index in [1.54, 1.807) is 0 Å². The lowest BCUT2D eigenvalue weighted by Crippen LogP contribution is -2.28. The van der Waals surface area contributed by atoms with E-state index in [-0.39, 0.29) is 17.3 Å². The molecule has 0 aliphatic heterocycles. The number of carbonyl (C=O) groups excluding carboxylic acids is 1. The van der Waals surface area contributed by atoms with Crippen LogP contribution >= 0.6 is 0 Å². The highest BCUT2D eigenvalue weighted by atomic mass is 16.6. The Balaban J connectivity index is 3.66. The molecule has 0 aliphatic carbocycles. The van der Waals surface area contributed by atoms with Gasteiger partial charge in [-0.05, 0) is 5.41 Å². The molecular weight excluding hydrogens is 194 g/mol. The maximum atomic E-state index is 11.5. The third kappa shape index (κ3) is 6.47. The first-order valence-electron chi connectivity index (χ1n) is 5.34. The second kappa shape index (κ2) is 6.80. The Labute approximate surface area is 92.1 Å². The molecule has 0 spiro atoms. The average molecular weight is 217 g/mol. The van der Waals surface area contributed by atoms with E-state index >= 15 is 0 Å². The first-order valence-corrected chi connectivity index (χ1v) is 5.34. The van der Waals surface area contributed by atoms with E-state index in [4.69, 9.17) is 15.2 Å². The van der Waals surface area contributed by atoms with Gasteiger partial charge in [-0.15, -0.1) is 0 Å². The molecule has 0 saturated heterocycles. The zero-order chi connectivity index (χ0) is 11.9. The molecule has 1 atom stereocenters. The first-order chi connectivity index (χ1) is 6.89. The van der Waals surface area contributed by atoms with E-state index < -0.39 is 0 Å². The Morgan fingerprint density at radius 2 is 1.87 bits per heavy atom. The van der Waals surface area contributed by atoms with E-state index in [0.717, 1.165) is 0 Å². The molecule has 1 unspecified atom stereocenters. The van der Waals surface area contributed by atoms with Crippen molar-refractivity contribution in [1.29, 1.82) is 0 Å². The van der Waals surface area contributed by atoms with E-state index in [2.05, 4.69) is 0 Å². The van der Waals surface area contributed by atoms with Crippen molar-refractivity contribution in [3.05, 3.63) is 0 Å². The third-order valence-electron chi connectivity index (χ3n) is 2.39. The zero-order valence-corrected chi connectivity index (χ0v) is 10.2. The van der Waals surface area contributed by atoms with Gasteiger partial charge in [-0.3, -0.25) is 4.79 Å². The van der Waals surface area contributed by atoms with Gasteiger partial charge in [-0.1, -0.05) is 27.7 Å². The fraction of sp³-hybridized carbons (Fsp3) is 0.909. The molecule has 0 aromatic carbocycles. The molecule has 0 rings (SSSR count). The van der Waals surface area contributed by atoms with Crippen LogP contribution in [0.2, 0.25) is 0 Å². The molecule has 15 heavy (non-hydrogen) atoms. The second-order valence-electron chi connectivity index (χ2n) is 4.66. The van der Waals surface area contributed by atoms with Crippen molar-refractivity contribution in [3.63, 3.8) is 0 Å². The number of hydrogen-bond donors (Lipinski definition) is 1. The van der Waals surface area contributed by atoms with Gasteiger partial charge >= 0.3 is 5.97 Å². The van der Waals surface area contributed by atoms with Gasteiger partial charge in [-0.25, -0.2) is 0 Å². The van der Waals surface area contributed by atoms with E-state index in [1.165, 1.54) is 0 Å². The van der Waals surface area contributed by atoms with Crippen LogP contribution in [0.25, 0.3) is 0 Å². The smallest absolute Gasteiger partial charge is 0.309 e. The zero-order valence-electron chi connectivity index (χ0n) is 10.2. The van der Waals surface area contributed by atoms with Crippen LogP contribution in [0.5, 0.6) is 0 Å². The molecule has 0 fully saturated rings. The van der Waals surface area contributed by atoms with Crippen LogP contribution in [-0.4, -0.2) is 32.3 Å². The average Bonchev–Trinajstić information content (AvgIpc) is 2.14. The summed E-state index contributed by atoms with van der Waals surface area (Å²) in [6, 6.07) is 0. The van der Waals surface area contributed by atoms with Gasteiger partial charge in [0.2, 0.25) is 0 Å². The predicted molar refractivity (Wildman–Crippen MR) is 59.5 cm³/mol. The van der Waals surface area contributed by atoms with Crippen LogP contribution in [0, 0.1) is 11.3 Å². The van der Waals surface area contributed by atoms with Crippen molar-refractivity contribution in [2.75, 3.05) is 26.4 Å². The Bertz CT molecular complexity index is 187. The summed E-state index contributed by atoms with van der Waals surface area (Å²) >= 11 is 0. The molecular formula is C11H23NO3. The van der Waals surface area contributed by atoms with Crippen LogP contribution < -0.4 is 5.73 Å². The molecule has 0 aromatic heterocycles. The summed E-state index contributed by atoms with van der Waals surface area (Å²) in [5, 5.41) is 0. The molecule has 4 nitrogen and oxygen atoms in total. The van der Waals surface area contributed by atoms with Gasteiger partial charge in [0.05, 0.1) is 19.1 Å². The first kappa shape index (κ1) is 14.4. The molecule has 0 aromatic rings. The summed E-state index contributed by atoms with van der Waals surface area (Å²) in [6.45, 7) is 9.65. The van der Waals surface area contributed by atoms with Crippen molar-refractivity contribution in [2.24, 2.45) is 17.1 Å². The summed E-state index contributed by atoms with van der Waals surface area (Å²) in [7, 11) is 0. The van der Waals surface area contributed by atoms with Crippen molar-refractivity contribution in [2.45, 2.75) is 27.7 Å². The predicted octanol–water partition coefficient (Wildman–Crippen LogP) is 1.19. The Hall–Kier alpha value is -0.610. The summed E-state index contributed by atoms with van der Waals surface area (Å²) < 4.78 is 10.2. The van der Waals surface area contributed by atoms with Gasteiger partial charge in [0, 0.05) is 6.54 Å². The van der Waals surface area contributed by atoms with Gasteiger partial charge in [0.25, 0.3) is 0 Å². The lowest BCUT2D eigenvalue weighted by atomic mass is 9.82. The molecule has 0 heterocycles. The summed E-state index contributed by atoms with van der Waals surface area (Å²) in [4.78, 5) is 11.5. The Kier molecular flexibility index (Phi) is 6.52. The normalized spacial score (nSPS) is 13.7. The molecule has 90 valence electrons. The van der Waals surface area contributed by atoms with Crippen LogP contribution in [0.15, 0.2) is 0 Å². The SMILES string of the molecule is CC(C(=O)OCCOCCN)C(C)(C)C. The van der Waals surface area contributed by atoms with Gasteiger partial charge in [-0.2, -0.15) is 0 Å². The number of hydrogen-bond acceptors (Lipinski definition) is 4. The van der Waals surface area contributed by atoms with Gasteiger partial charge < -0.3 is 15.2 Å². The standard InChI is InChI=1S/C11H23NO3/c1-9(11(2,3)4)10(13)15-8-7-14-6-5-12/h9H,5-8,12H2,1-4H3. The van der Waals surface area contributed by atoms with Crippen LogP contribution in [0.1, 0.15) is 27.7 Å². The Morgan fingerprint density at radius 3 is 2.33 bits per heavy atom. The monoisotopic (exact) mass is 217 g/mol. The minimum absolute atomic E-state index is 0.0603. The summed E-state index contributed by atoms with van der Waals surface area (Å²) in [6.07, 6.45) is 0. The maximum absolute atomic E-state index is 11.5. The highest BCUT2D eigenvalue weighted by Crippen LogP contribution is 2.26. The van der Waals surface area contributed by atoms with Gasteiger partial charge in [0.1, 0.15) is 6.61 Å². The molecule has 0 saturated carbocycles. The third-order valence-corrected chi connectivity index (χ3v) is 2.39. The summed E-state index contributed by atoms with van der Waals surface area (Å²) in [5.74, 6) is -0.272. The highest BCUT2D eigenvalue weighted by molar-refractivity contribution is 5.72. The number of rotatable bonds is 6. The number of esters is 1. The van der Waals surface area contributed by atoms with Gasteiger partial charge in [0.15, 0.2) is 0 Å². The maximum Gasteiger partial charge on any atom is 0.309 e. The van der Waals surface area contributed by atoms with Crippen LogP contribution in [-0.2, 0) is 14.3 Å². The molecule has 0 amide bonds. The van der Waals surface area contributed by atoms with Crippen molar-refractivity contribution < 1.29 is 14.3 Å². The van der Waals surface area contributed by atoms with E-state index in [9.17, 15) is 4.79 Å². The minimum atomic E-state index is -0.168. The second-order valence-corrected chi connectivity index (χ2v) is 4.66. The molecule has 4 heteroatoms. The minimum Gasteiger partial charge on any atom is -0.463 e. The van der Waals surface area contributed by atoms with Crippen LogP contribution in [0.3, 0.4) is 0 Å². The van der Waals surface area contributed by atoms with Crippen LogP contribution in [0.4, 0.5) is 0 Å². The number of nitrogens with two attached hydrogens (primary N) is 1. The van der Waals surface area contributed by atoms with Crippen molar-refractivity contribution in [1.82, 2.24) is 0 Å². The van der Waals surface area contributed by atoms with Crippen molar-refractivity contribution >= 4 is 5.97 Å². The molecule has 0 aliphatic rings. The van der Waals surface area contributed by atoms with E-state index in [0.29, 0.717) is 26.4 Å². The lowest BCUT2D eigenvalue weighted by molar-refractivity contribution is -0.153. The topological polar surface area (TPSA) is 61.5 Å². The quantitative estimate of drug-likeness (QED) is 0.536. The Morgan fingerprint density at radius 1 is 1.27 bits per heavy atom. The highest BCUT2D eigenvalue weighted by Gasteiger charge is 2.27. The fourth-order valence-corrected chi connectivity index (χ4v) is 0.865. The molecule has 2 N–H and O–H groups in total. The van der Waals surface area contributed by atoms with Crippen molar-refractivity contribution in [3.8, 4) is 0 Å². The molecule has 0 radical (unpaired) electrons. The molecule has 0 bridgehead atoms. The largest absolute Gasteiger partial charge is 0.463 e. The number of carbonyl (C=O) groups is 1. The number of ether oxygens (including phenoxy) is 2. The lowest BCUT2D eigenvalue weighted by Gasteiger charge is -2.25. The van der Waals surface area contributed by atoms with E-state index in [1.807, 2.05) is 27.7 Å². The summed E-state index contributed by atoms with van der Waals surface area (Å²) in [5.41, 5.74) is 5.18.